The Morgan fingerprint density at radius 2 is 2.00 bits per heavy atom. The van der Waals surface area contributed by atoms with Gasteiger partial charge in [0.15, 0.2) is 0 Å². The van der Waals surface area contributed by atoms with Crippen molar-refractivity contribution < 1.29 is 9.53 Å². The van der Waals surface area contributed by atoms with Gasteiger partial charge in [-0.3, -0.25) is 18.9 Å². The maximum Gasteiger partial charge on any atom is 0.267 e. The van der Waals surface area contributed by atoms with Crippen LogP contribution in [0.5, 0.6) is 0 Å². The first kappa shape index (κ1) is 23.5. The van der Waals surface area contributed by atoms with Crippen LogP contribution in [0.3, 0.4) is 0 Å². The summed E-state index contributed by atoms with van der Waals surface area (Å²) in [6.45, 7) is 9.27. The van der Waals surface area contributed by atoms with Crippen molar-refractivity contribution in [3.05, 3.63) is 44.7 Å². The molecule has 5 heterocycles. The SMILES string of the molecule is Cc1ccc2nc(N3C[C@H](C)C[C@@H](C)C3)c(/C=C3\SC(=S)N(C[C@@H]4CCCO4)C3=O)c(=O)n2c1. The second kappa shape index (κ2) is 9.43. The lowest BCUT2D eigenvalue weighted by molar-refractivity contribution is -0.123. The van der Waals surface area contributed by atoms with Gasteiger partial charge in [0.1, 0.15) is 15.8 Å². The van der Waals surface area contributed by atoms with E-state index < -0.39 is 0 Å². The number of pyridine rings is 1. The van der Waals surface area contributed by atoms with Crippen molar-refractivity contribution in [2.24, 2.45) is 11.8 Å². The minimum absolute atomic E-state index is 0.0182. The van der Waals surface area contributed by atoms with Crippen molar-refractivity contribution in [3.8, 4) is 0 Å². The number of ether oxygens (including phenoxy) is 1. The van der Waals surface area contributed by atoms with E-state index in [1.807, 2.05) is 19.1 Å². The number of hydrogen-bond acceptors (Lipinski definition) is 7. The zero-order valence-electron chi connectivity index (χ0n) is 19.8. The average Bonchev–Trinajstić information content (AvgIpc) is 3.39. The molecule has 0 N–H and O–H groups in total. The Kier molecular flexibility index (Phi) is 6.52. The standard InChI is InChI=1S/C25H30N4O3S2/c1-15-6-7-21-26-22(27-11-16(2)9-17(3)12-27)19(23(30)28(21)13-15)10-20-24(31)29(25(33)34-20)14-18-5-4-8-32-18/h6-7,10,13,16-18H,4-5,8-9,11-12,14H2,1-3H3/b20-10-/t16-,17-,18+/m1/s1. The molecule has 3 atom stereocenters. The van der Waals surface area contributed by atoms with E-state index in [4.69, 9.17) is 21.9 Å². The number of rotatable bonds is 4. The molecule has 0 aliphatic carbocycles. The molecule has 1 amide bonds. The van der Waals surface area contributed by atoms with Crippen LogP contribution in [-0.2, 0) is 9.53 Å². The van der Waals surface area contributed by atoms with Crippen molar-refractivity contribution in [1.29, 1.82) is 0 Å². The third kappa shape index (κ3) is 4.53. The second-order valence-corrected chi connectivity index (χ2v) is 11.5. The Bertz CT molecular complexity index is 1220. The minimum Gasteiger partial charge on any atom is -0.376 e. The summed E-state index contributed by atoms with van der Waals surface area (Å²) >= 11 is 6.78. The van der Waals surface area contributed by atoms with Gasteiger partial charge in [-0.05, 0) is 55.7 Å². The summed E-state index contributed by atoms with van der Waals surface area (Å²) in [7, 11) is 0. The highest BCUT2D eigenvalue weighted by Crippen LogP contribution is 2.35. The molecule has 0 saturated carbocycles. The number of carbonyl (C=O) groups excluding carboxylic acids is 1. The van der Waals surface area contributed by atoms with E-state index in [1.165, 1.54) is 11.8 Å². The van der Waals surface area contributed by atoms with E-state index in [0.29, 0.717) is 44.6 Å². The van der Waals surface area contributed by atoms with Crippen molar-refractivity contribution in [3.63, 3.8) is 0 Å². The molecule has 2 aromatic rings. The number of hydrogen-bond donors (Lipinski definition) is 0. The molecule has 3 fully saturated rings. The molecule has 7 nitrogen and oxygen atoms in total. The van der Waals surface area contributed by atoms with Crippen molar-refractivity contribution in [1.82, 2.24) is 14.3 Å². The fourth-order valence-electron chi connectivity index (χ4n) is 5.23. The average molecular weight is 499 g/mol. The van der Waals surface area contributed by atoms with E-state index in [9.17, 15) is 9.59 Å². The van der Waals surface area contributed by atoms with E-state index >= 15 is 0 Å². The summed E-state index contributed by atoms with van der Waals surface area (Å²) in [5, 5.41) is 0. The number of fused-ring (bicyclic) bond motifs is 1. The lowest BCUT2D eigenvalue weighted by atomic mass is 9.91. The Hall–Kier alpha value is -2.23. The molecule has 3 aliphatic heterocycles. The molecule has 3 aliphatic rings. The van der Waals surface area contributed by atoms with Crippen LogP contribution in [0.25, 0.3) is 11.7 Å². The van der Waals surface area contributed by atoms with Crippen LogP contribution in [0.2, 0.25) is 0 Å². The Balaban J connectivity index is 1.58. The fraction of sp³-hybridized carbons (Fsp3) is 0.520. The topological polar surface area (TPSA) is 67.2 Å². The normalized spacial score (nSPS) is 26.9. The lowest BCUT2D eigenvalue weighted by Gasteiger charge is -2.36. The van der Waals surface area contributed by atoms with Crippen LogP contribution in [0.4, 0.5) is 5.82 Å². The first-order chi connectivity index (χ1) is 16.3. The predicted molar refractivity (Wildman–Crippen MR) is 140 cm³/mol. The summed E-state index contributed by atoms with van der Waals surface area (Å²) in [5.41, 5.74) is 1.86. The lowest BCUT2D eigenvalue weighted by Crippen LogP contribution is -2.40. The smallest absolute Gasteiger partial charge is 0.267 e. The van der Waals surface area contributed by atoms with Crippen molar-refractivity contribution in [2.75, 3.05) is 31.1 Å². The zero-order chi connectivity index (χ0) is 24.0. The molecule has 0 radical (unpaired) electrons. The van der Waals surface area contributed by atoms with Crippen molar-refractivity contribution in [2.45, 2.75) is 46.1 Å². The summed E-state index contributed by atoms with van der Waals surface area (Å²) in [5.74, 6) is 1.49. The second-order valence-electron chi connectivity index (χ2n) is 9.87. The highest BCUT2D eigenvalue weighted by Gasteiger charge is 2.35. The Morgan fingerprint density at radius 1 is 1.24 bits per heavy atom. The van der Waals surface area contributed by atoms with Gasteiger partial charge in [-0.15, -0.1) is 0 Å². The van der Waals surface area contributed by atoms with Gasteiger partial charge in [0.25, 0.3) is 11.5 Å². The Morgan fingerprint density at radius 3 is 2.71 bits per heavy atom. The Labute approximate surface area is 209 Å². The monoisotopic (exact) mass is 498 g/mol. The van der Waals surface area contributed by atoms with Gasteiger partial charge in [0, 0.05) is 25.9 Å². The molecule has 9 heteroatoms. The molecular weight excluding hydrogens is 468 g/mol. The maximum atomic E-state index is 13.7. The first-order valence-electron chi connectivity index (χ1n) is 11.9. The largest absolute Gasteiger partial charge is 0.376 e. The number of aryl methyl sites for hydroxylation is 1. The van der Waals surface area contributed by atoms with Crippen molar-refractivity contribution >= 4 is 51.7 Å². The highest BCUT2D eigenvalue weighted by molar-refractivity contribution is 8.26. The van der Waals surface area contributed by atoms with E-state index in [2.05, 4.69) is 18.7 Å². The van der Waals surface area contributed by atoms with Gasteiger partial charge in [0.2, 0.25) is 0 Å². The number of aromatic nitrogens is 2. The number of anilines is 1. The quantitative estimate of drug-likeness (QED) is 0.468. The summed E-state index contributed by atoms with van der Waals surface area (Å²) in [6.07, 6.45) is 6.61. The molecule has 0 aromatic carbocycles. The van der Waals surface area contributed by atoms with Gasteiger partial charge in [0.05, 0.1) is 23.1 Å². The van der Waals surface area contributed by atoms with E-state index in [-0.39, 0.29) is 17.6 Å². The molecule has 180 valence electrons. The molecule has 2 aromatic heterocycles. The number of nitrogens with zero attached hydrogens (tertiary/aromatic N) is 4. The minimum atomic E-state index is -0.168. The van der Waals surface area contributed by atoms with Gasteiger partial charge >= 0.3 is 0 Å². The van der Waals surface area contributed by atoms with E-state index in [0.717, 1.165) is 44.5 Å². The number of thiocarbonyl (C=S) groups is 1. The van der Waals surface area contributed by atoms with Crippen LogP contribution in [0.15, 0.2) is 28.0 Å². The number of amides is 1. The number of thioether (sulfide) groups is 1. The predicted octanol–water partition coefficient (Wildman–Crippen LogP) is 3.87. The third-order valence-corrected chi connectivity index (χ3v) is 8.09. The highest BCUT2D eigenvalue weighted by atomic mass is 32.2. The molecule has 34 heavy (non-hydrogen) atoms. The van der Waals surface area contributed by atoms with Crippen LogP contribution >= 0.6 is 24.0 Å². The molecule has 3 saturated heterocycles. The molecule has 0 bridgehead atoms. The summed E-state index contributed by atoms with van der Waals surface area (Å²) in [4.78, 5) is 36.2. The van der Waals surface area contributed by atoms with Gasteiger partial charge < -0.3 is 9.64 Å². The van der Waals surface area contributed by atoms with Crippen LogP contribution in [-0.4, -0.2) is 56.9 Å². The summed E-state index contributed by atoms with van der Waals surface area (Å²) < 4.78 is 7.80. The van der Waals surface area contributed by atoms with Gasteiger partial charge in [-0.1, -0.05) is 43.9 Å². The summed E-state index contributed by atoms with van der Waals surface area (Å²) in [6, 6.07) is 3.84. The number of carbonyl (C=O) groups is 1. The molecule has 0 spiro atoms. The molecule has 0 unspecified atom stereocenters. The van der Waals surface area contributed by atoms with Crippen LogP contribution < -0.4 is 10.5 Å². The van der Waals surface area contributed by atoms with Gasteiger partial charge in [-0.2, -0.15) is 0 Å². The molecule has 5 rings (SSSR count). The number of piperidine rings is 1. The zero-order valence-corrected chi connectivity index (χ0v) is 21.5. The van der Waals surface area contributed by atoms with Gasteiger partial charge in [-0.25, -0.2) is 4.98 Å². The fourth-order valence-corrected chi connectivity index (χ4v) is 6.49. The first-order valence-corrected chi connectivity index (χ1v) is 13.2. The maximum absolute atomic E-state index is 13.7. The van der Waals surface area contributed by atoms with Crippen LogP contribution in [0, 0.1) is 18.8 Å². The van der Waals surface area contributed by atoms with E-state index in [1.54, 1.807) is 21.6 Å². The third-order valence-electron chi connectivity index (χ3n) is 6.71. The molecular formula is C25H30N4O3S2. The van der Waals surface area contributed by atoms with Crippen LogP contribution in [0.1, 0.15) is 44.2 Å².